The minimum atomic E-state index is -0.869. The number of rotatable bonds is 8. The van der Waals surface area contributed by atoms with Gasteiger partial charge in [0.15, 0.2) is 0 Å². The summed E-state index contributed by atoms with van der Waals surface area (Å²) in [5, 5.41) is 11.7. The van der Waals surface area contributed by atoms with Gasteiger partial charge in [0.25, 0.3) is 0 Å². The summed E-state index contributed by atoms with van der Waals surface area (Å²) in [7, 11) is 0. The molecule has 0 unspecified atom stereocenters. The zero-order valence-corrected chi connectivity index (χ0v) is 18.8. The summed E-state index contributed by atoms with van der Waals surface area (Å²) in [6, 6.07) is 13.0. The summed E-state index contributed by atoms with van der Waals surface area (Å²) in [6.07, 6.45) is 4.91. The van der Waals surface area contributed by atoms with E-state index >= 15 is 0 Å². The van der Waals surface area contributed by atoms with E-state index in [0.29, 0.717) is 24.1 Å². The predicted octanol–water partition coefficient (Wildman–Crippen LogP) is 6.04. The fourth-order valence-corrected chi connectivity index (χ4v) is 4.27. The molecule has 0 heterocycles. The SMILES string of the molecule is CC(C)(C)[C@H]1CC[C@H](Oc2ccc(-c3ccc(F)c(CNCCC(=O)O)c3)cc2)CC1. The van der Waals surface area contributed by atoms with Gasteiger partial charge in [-0.15, -0.1) is 0 Å². The molecule has 0 aliphatic heterocycles. The van der Waals surface area contributed by atoms with Crippen molar-refractivity contribution in [3.63, 3.8) is 0 Å². The summed E-state index contributed by atoms with van der Waals surface area (Å²) < 4.78 is 20.3. The van der Waals surface area contributed by atoms with Crippen LogP contribution in [-0.2, 0) is 11.3 Å². The van der Waals surface area contributed by atoms with E-state index in [9.17, 15) is 9.18 Å². The fourth-order valence-electron chi connectivity index (χ4n) is 4.27. The number of nitrogens with one attached hydrogen (secondary N) is 1. The summed E-state index contributed by atoms with van der Waals surface area (Å²) in [5.74, 6) is 0.477. The van der Waals surface area contributed by atoms with Gasteiger partial charge in [-0.2, -0.15) is 0 Å². The highest BCUT2D eigenvalue weighted by atomic mass is 19.1. The maximum absolute atomic E-state index is 14.1. The first-order chi connectivity index (χ1) is 14.7. The molecule has 1 aliphatic carbocycles. The molecule has 1 aliphatic rings. The summed E-state index contributed by atoms with van der Waals surface area (Å²) in [5.41, 5.74) is 2.81. The lowest BCUT2D eigenvalue weighted by Crippen LogP contribution is -2.30. The standard InChI is InChI=1S/C26H34FNO3/c1-26(2,3)21-7-11-23(12-8-21)31-22-9-4-18(5-10-22)19-6-13-24(27)20(16-19)17-28-15-14-25(29)30/h4-6,9-10,13,16,21,23,28H,7-8,11-12,14-15,17H2,1-3H3,(H,29,30)/t21-,23-. The van der Waals surface area contributed by atoms with Crippen LogP contribution >= 0.6 is 0 Å². The maximum Gasteiger partial charge on any atom is 0.304 e. The third-order valence-electron chi connectivity index (χ3n) is 6.27. The summed E-state index contributed by atoms with van der Waals surface area (Å²) in [4.78, 5) is 10.6. The highest BCUT2D eigenvalue weighted by Crippen LogP contribution is 2.38. The summed E-state index contributed by atoms with van der Waals surface area (Å²) in [6.45, 7) is 7.58. The van der Waals surface area contributed by atoms with Gasteiger partial charge in [-0.25, -0.2) is 4.39 Å². The first-order valence-electron chi connectivity index (χ1n) is 11.2. The van der Waals surface area contributed by atoms with Crippen molar-refractivity contribution in [3.8, 4) is 16.9 Å². The molecule has 5 heteroatoms. The van der Waals surface area contributed by atoms with Crippen LogP contribution in [0.4, 0.5) is 4.39 Å². The average Bonchev–Trinajstić information content (AvgIpc) is 2.72. The first kappa shape index (κ1) is 23.3. The Bertz CT molecular complexity index is 865. The second-order valence-electron chi connectivity index (χ2n) is 9.61. The Morgan fingerprint density at radius 2 is 1.71 bits per heavy atom. The van der Waals surface area contributed by atoms with E-state index in [0.717, 1.165) is 35.6 Å². The maximum atomic E-state index is 14.1. The molecule has 0 amide bonds. The van der Waals surface area contributed by atoms with Crippen LogP contribution < -0.4 is 10.1 Å². The number of carboxylic acid groups (broad SMARTS) is 1. The van der Waals surface area contributed by atoms with Crippen molar-refractivity contribution in [2.24, 2.45) is 11.3 Å². The molecule has 2 aromatic carbocycles. The van der Waals surface area contributed by atoms with Crippen LogP contribution in [0.3, 0.4) is 0 Å². The summed E-state index contributed by atoms with van der Waals surface area (Å²) >= 11 is 0. The van der Waals surface area contributed by atoms with E-state index in [1.807, 2.05) is 30.3 Å². The lowest BCUT2D eigenvalue weighted by atomic mass is 9.72. The van der Waals surface area contributed by atoms with E-state index in [1.165, 1.54) is 18.9 Å². The molecule has 31 heavy (non-hydrogen) atoms. The van der Waals surface area contributed by atoms with Gasteiger partial charge in [-0.05, 0) is 72.4 Å². The first-order valence-corrected chi connectivity index (χ1v) is 11.2. The quantitative estimate of drug-likeness (QED) is 0.504. The Balaban J connectivity index is 1.57. The van der Waals surface area contributed by atoms with Crippen LogP contribution in [-0.4, -0.2) is 23.7 Å². The number of halogens is 1. The van der Waals surface area contributed by atoms with Crippen LogP contribution in [0.15, 0.2) is 42.5 Å². The number of benzene rings is 2. The molecule has 3 rings (SSSR count). The Morgan fingerprint density at radius 1 is 1.06 bits per heavy atom. The minimum Gasteiger partial charge on any atom is -0.490 e. The lowest BCUT2D eigenvalue weighted by Gasteiger charge is -2.36. The van der Waals surface area contributed by atoms with E-state index in [-0.39, 0.29) is 18.3 Å². The van der Waals surface area contributed by atoms with E-state index < -0.39 is 5.97 Å². The molecule has 0 spiro atoms. The number of aliphatic carboxylic acids is 1. The second kappa shape index (κ2) is 10.3. The van der Waals surface area contributed by atoms with Gasteiger partial charge in [0.05, 0.1) is 12.5 Å². The van der Waals surface area contributed by atoms with Gasteiger partial charge in [0.1, 0.15) is 11.6 Å². The third-order valence-corrected chi connectivity index (χ3v) is 6.27. The number of carboxylic acids is 1. The minimum absolute atomic E-state index is 0.0145. The fraction of sp³-hybridized carbons (Fsp3) is 0.500. The van der Waals surface area contributed by atoms with Crippen molar-refractivity contribution in [2.45, 2.75) is 65.5 Å². The van der Waals surface area contributed by atoms with Gasteiger partial charge < -0.3 is 15.2 Å². The lowest BCUT2D eigenvalue weighted by molar-refractivity contribution is -0.136. The molecule has 1 fully saturated rings. The molecule has 1 saturated carbocycles. The largest absolute Gasteiger partial charge is 0.490 e. The molecule has 0 bridgehead atoms. The molecule has 168 valence electrons. The van der Waals surface area contributed by atoms with Crippen molar-refractivity contribution in [1.82, 2.24) is 5.32 Å². The van der Waals surface area contributed by atoms with Gasteiger partial charge in [0, 0.05) is 18.7 Å². The Kier molecular flexibility index (Phi) is 7.71. The Labute approximate surface area is 184 Å². The van der Waals surface area contributed by atoms with E-state index in [4.69, 9.17) is 9.84 Å². The second-order valence-corrected chi connectivity index (χ2v) is 9.61. The van der Waals surface area contributed by atoms with Crippen molar-refractivity contribution in [3.05, 3.63) is 53.8 Å². The molecule has 2 N–H and O–H groups in total. The van der Waals surface area contributed by atoms with E-state index in [2.05, 4.69) is 26.1 Å². The molecule has 0 atom stereocenters. The van der Waals surface area contributed by atoms with E-state index in [1.54, 1.807) is 6.07 Å². The van der Waals surface area contributed by atoms with Crippen LogP contribution in [0, 0.1) is 17.2 Å². The third kappa shape index (κ3) is 6.79. The molecule has 4 nitrogen and oxygen atoms in total. The van der Waals surface area contributed by atoms with Crippen molar-refractivity contribution < 1.29 is 19.0 Å². The normalized spacial score (nSPS) is 19.2. The molecule has 2 aromatic rings. The topological polar surface area (TPSA) is 58.6 Å². The van der Waals surface area contributed by atoms with Crippen molar-refractivity contribution >= 4 is 5.97 Å². The van der Waals surface area contributed by atoms with Crippen LogP contribution in [0.5, 0.6) is 5.75 Å². The Hall–Kier alpha value is -2.40. The molecular weight excluding hydrogens is 393 g/mol. The molecule has 0 saturated heterocycles. The molecular formula is C26H34FNO3. The number of hydrogen-bond donors (Lipinski definition) is 2. The Morgan fingerprint density at radius 3 is 2.32 bits per heavy atom. The van der Waals surface area contributed by atoms with Crippen LogP contribution in [0.25, 0.3) is 11.1 Å². The van der Waals surface area contributed by atoms with Crippen molar-refractivity contribution in [2.75, 3.05) is 6.54 Å². The predicted molar refractivity (Wildman–Crippen MR) is 122 cm³/mol. The highest BCUT2D eigenvalue weighted by molar-refractivity contribution is 5.67. The zero-order valence-electron chi connectivity index (χ0n) is 18.8. The molecule has 0 radical (unpaired) electrons. The van der Waals surface area contributed by atoms with Crippen molar-refractivity contribution in [1.29, 1.82) is 0 Å². The van der Waals surface area contributed by atoms with Crippen LogP contribution in [0.1, 0.15) is 58.4 Å². The van der Waals surface area contributed by atoms with Gasteiger partial charge in [0.2, 0.25) is 0 Å². The van der Waals surface area contributed by atoms with Gasteiger partial charge in [-0.1, -0.05) is 39.0 Å². The number of carbonyl (C=O) groups is 1. The number of ether oxygens (including phenoxy) is 1. The number of hydrogen-bond acceptors (Lipinski definition) is 3. The highest BCUT2D eigenvalue weighted by Gasteiger charge is 2.30. The van der Waals surface area contributed by atoms with Gasteiger partial charge >= 0.3 is 5.97 Å². The smallest absolute Gasteiger partial charge is 0.304 e. The molecule has 0 aromatic heterocycles. The monoisotopic (exact) mass is 427 g/mol. The zero-order chi connectivity index (χ0) is 22.4. The van der Waals surface area contributed by atoms with Crippen LogP contribution in [0.2, 0.25) is 0 Å². The van der Waals surface area contributed by atoms with Gasteiger partial charge in [-0.3, -0.25) is 4.79 Å². The average molecular weight is 428 g/mol.